The SMILES string of the molecule is COCc1cccc(NC(=O)C(C)Oc2ccccc2)c1. The molecule has 2 aromatic carbocycles. The third-order valence-corrected chi connectivity index (χ3v) is 2.93. The number of rotatable bonds is 6. The maximum atomic E-state index is 12.1. The highest BCUT2D eigenvalue weighted by Gasteiger charge is 2.14. The maximum Gasteiger partial charge on any atom is 0.265 e. The van der Waals surface area contributed by atoms with Gasteiger partial charge in [0.2, 0.25) is 0 Å². The predicted molar refractivity (Wildman–Crippen MR) is 82.3 cm³/mol. The molecule has 21 heavy (non-hydrogen) atoms. The number of para-hydroxylation sites is 1. The largest absolute Gasteiger partial charge is 0.481 e. The van der Waals surface area contributed by atoms with Gasteiger partial charge in [-0.15, -0.1) is 0 Å². The van der Waals surface area contributed by atoms with Crippen molar-refractivity contribution in [1.29, 1.82) is 0 Å². The van der Waals surface area contributed by atoms with E-state index < -0.39 is 6.10 Å². The van der Waals surface area contributed by atoms with Crippen LogP contribution < -0.4 is 10.1 Å². The van der Waals surface area contributed by atoms with Gasteiger partial charge in [0.15, 0.2) is 6.10 Å². The lowest BCUT2D eigenvalue weighted by Crippen LogP contribution is -2.30. The molecule has 110 valence electrons. The molecule has 0 heterocycles. The fraction of sp³-hybridized carbons (Fsp3) is 0.235. The average molecular weight is 285 g/mol. The molecule has 0 saturated carbocycles. The minimum absolute atomic E-state index is 0.187. The molecule has 0 bridgehead atoms. The van der Waals surface area contributed by atoms with Crippen molar-refractivity contribution in [3.63, 3.8) is 0 Å². The van der Waals surface area contributed by atoms with Gasteiger partial charge >= 0.3 is 0 Å². The first-order chi connectivity index (χ1) is 10.2. The first kappa shape index (κ1) is 15.1. The minimum Gasteiger partial charge on any atom is -0.481 e. The van der Waals surface area contributed by atoms with Crippen molar-refractivity contribution in [1.82, 2.24) is 0 Å². The summed E-state index contributed by atoms with van der Waals surface area (Å²) in [5.74, 6) is 0.488. The lowest BCUT2D eigenvalue weighted by molar-refractivity contribution is -0.122. The Bertz CT molecular complexity index is 584. The van der Waals surface area contributed by atoms with E-state index in [0.717, 1.165) is 11.3 Å². The summed E-state index contributed by atoms with van der Waals surface area (Å²) in [7, 11) is 1.64. The third-order valence-electron chi connectivity index (χ3n) is 2.93. The second kappa shape index (κ2) is 7.45. The van der Waals surface area contributed by atoms with E-state index in [4.69, 9.17) is 9.47 Å². The number of ether oxygens (including phenoxy) is 2. The number of hydrogen-bond acceptors (Lipinski definition) is 3. The van der Waals surface area contributed by atoms with Gasteiger partial charge in [0, 0.05) is 12.8 Å². The van der Waals surface area contributed by atoms with Crippen LogP contribution in [0.4, 0.5) is 5.69 Å². The summed E-state index contributed by atoms with van der Waals surface area (Å²) in [5.41, 5.74) is 1.74. The number of carbonyl (C=O) groups is 1. The Kier molecular flexibility index (Phi) is 5.35. The molecule has 2 rings (SSSR count). The Morgan fingerprint density at radius 2 is 1.90 bits per heavy atom. The maximum absolute atomic E-state index is 12.1. The van der Waals surface area contributed by atoms with Crippen LogP contribution in [0.1, 0.15) is 12.5 Å². The molecule has 2 aromatic rings. The second-order valence-electron chi connectivity index (χ2n) is 4.70. The Hall–Kier alpha value is -2.33. The molecule has 1 atom stereocenters. The zero-order valence-corrected chi connectivity index (χ0v) is 12.2. The van der Waals surface area contributed by atoms with Crippen LogP contribution in [0.2, 0.25) is 0 Å². The quantitative estimate of drug-likeness (QED) is 0.886. The molecule has 0 fully saturated rings. The van der Waals surface area contributed by atoms with Crippen molar-refractivity contribution in [3.8, 4) is 5.75 Å². The highest BCUT2D eigenvalue weighted by atomic mass is 16.5. The third kappa shape index (κ3) is 4.61. The number of carbonyl (C=O) groups excluding carboxylic acids is 1. The molecule has 0 aromatic heterocycles. The van der Waals surface area contributed by atoms with Crippen molar-refractivity contribution in [2.75, 3.05) is 12.4 Å². The van der Waals surface area contributed by atoms with Crippen molar-refractivity contribution in [2.24, 2.45) is 0 Å². The van der Waals surface area contributed by atoms with E-state index in [0.29, 0.717) is 12.4 Å². The van der Waals surface area contributed by atoms with E-state index in [2.05, 4.69) is 5.32 Å². The molecule has 0 spiro atoms. The first-order valence-corrected chi connectivity index (χ1v) is 6.79. The van der Waals surface area contributed by atoms with E-state index in [1.54, 1.807) is 14.0 Å². The number of amides is 1. The van der Waals surface area contributed by atoms with Crippen LogP contribution >= 0.6 is 0 Å². The highest BCUT2D eigenvalue weighted by Crippen LogP contribution is 2.14. The van der Waals surface area contributed by atoms with Gasteiger partial charge in [-0.25, -0.2) is 0 Å². The summed E-state index contributed by atoms with van der Waals surface area (Å²) in [6.45, 7) is 2.24. The summed E-state index contributed by atoms with van der Waals surface area (Å²) in [5, 5.41) is 2.84. The molecule has 0 saturated heterocycles. The van der Waals surface area contributed by atoms with Gasteiger partial charge < -0.3 is 14.8 Å². The minimum atomic E-state index is -0.571. The van der Waals surface area contributed by atoms with Gasteiger partial charge in [-0.1, -0.05) is 30.3 Å². The number of nitrogens with one attached hydrogen (secondary N) is 1. The molecule has 0 aliphatic carbocycles. The summed E-state index contributed by atoms with van der Waals surface area (Å²) in [6.07, 6.45) is -0.571. The Labute approximate surface area is 124 Å². The Morgan fingerprint density at radius 3 is 2.62 bits per heavy atom. The van der Waals surface area contributed by atoms with Crippen molar-refractivity contribution >= 4 is 11.6 Å². The topological polar surface area (TPSA) is 47.6 Å². The summed E-state index contributed by atoms with van der Waals surface area (Å²) in [4.78, 5) is 12.1. The Balaban J connectivity index is 1.95. The summed E-state index contributed by atoms with van der Waals surface area (Å²) in [6, 6.07) is 16.8. The van der Waals surface area contributed by atoms with Crippen LogP contribution in [0.3, 0.4) is 0 Å². The second-order valence-corrected chi connectivity index (χ2v) is 4.70. The van der Waals surface area contributed by atoms with Crippen LogP contribution in [-0.4, -0.2) is 19.1 Å². The van der Waals surface area contributed by atoms with Crippen molar-refractivity contribution in [3.05, 3.63) is 60.2 Å². The highest BCUT2D eigenvalue weighted by molar-refractivity contribution is 5.94. The van der Waals surface area contributed by atoms with E-state index in [1.165, 1.54) is 0 Å². The average Bonchev–Trinajstić information content (AvgIpc) is 2.49. The zero-order valence-electron chi connectivity index (χ0n) is 12.2. The lowest BCUT2D eigenvalue weighted by Gasteiger charge is -2.15. The van der Waals surface area contributed by atoms with E-state index >= 15 is 0 Å². The molecule has 1 amide bonds. The van der Waals surface area contributed by atoms with Gasteiger partial charge in [-0.05, 0) is 36.8 Å². The van der Waals surface area contributed by atoms with Gasteiger partial charge in [0.25, 0.3) is 5.91 Å². The zero-order chi connectivity index (χ0) is 15.1. The molecule has 1 N–H and O–H groups in total. The predicted octanol–water partition coefficient (Wildman–Crippen LogP) is 3.24. The van der Waals surface area contributed by atoms with Gasteiger partial charge in [0.05, 0.1) is 6.61 Å². The van der Waals surface area contributed by atoms with Crippen molar-refractivity contribution in [2.45, 2.75) is 19.6 Å². The Morgan fingerprint density at radius 1 is 1.14 bits per heavy atom. The first-order valence-electron chi connectivity index (χ1n) is 6.79. The molecule has 4 nitrogen and oxygen atoms in total. The van der Waals surface area contributed by atoms with Crippen LogP contribution in [-0.2, 0) is 16.1 Å². The van der Waals surface area contributed by atoms with E-state index in [9.17, 15) is 4.79 Å². The van der Waals surface area contributed by atoms with Crippen LogP contribution in [0, 0.1) is 0 Å². The van der Waals surface area contributed by atoms with Crippen LogP contribution in [0.15, 0.2) is 54.6 Å². The van der Waals surface area contributed by atoms with E-state index in [-0.39, 0.29) is 5.91 Å². The van der Waals surface area contributed by atoms with Gasteiger partial charge in [-0.3, -0.25) is 4.79 Å². The number of methoxy groups -OCH3 is 1. The van der Waals surface area contributed by atoms with Crippen molar-refractivity contribution < 1.29 is 14.3 Å². The monoisotopic (exact) mass is 285 g/mol. The number of hydrogen-bond donors (Lipinski definition) is 1. The number of benzene rings is 2. The number of anilines is 1. The smallest absolute Gasteiger partial charge is 0.265 e. The van der Waals surface area contributed by atoms with Crippen LogP contribution in [0.25, 0.3) is 0 Å². The normalized spacial score (nSPS) is 11.7. The van der Waals surface area contributed by atoms with Gasteiger partial charge in [-0.2, -0.15) is 0 Å². The molecule has 1 unspecified atom stereocenters. The molecular weight excluding hydrogens is 266 g/mol. The molecule has 0 aliphatic heterocycles. The molecule has 4 heteroatoms. The molecule has 0 aliphatic rings. The van der Waals surface area contributed by atoms with E-state index in [1.807, 2.05) is 54.6 Å². The molecule has 0 radical (unpaired) electrons. The van der Waals surface area contributed by atoms with Crippen LogP contribution in [0.5, 0.6) is 5.75 Å². The fourth-order valence-electron chi connectivity index (χ4n) is 1.91. The molecular formula is C17H19NO3. The standard InChI is InChI=1S/C17H19NO3/c1-13(21-16-9-4-3-5-10-16)17(19)18-15-8-6-7-14(11-15)12-20-2/h3-11,13H,12H2,1-2H3,(H,18,19). The fourth-order valence-corrected chi connectivity index (χ4v) is 1.91. The summed E-state index contributed by atoms with van der Waals surface area (Å²) >= 11 is 0. The lowest BCUT2D eigenvalue weighted by atomic mass is 10.2. The van der Waals surface area contributed by atoms with Gasteiger partial charge in [0.1, 0.15) is 5.75 Å². The summed E-state index contributed by atoms with van der Waals surface area (Å²) < 4.78 is 10.7.